The molecule has 1 amide bonds. The molecule has 0 N–H and O–H groups in total. The van der Waals surface area contributed by atoms with Crippen LogP contribution >= 0.6 is 0 Å². The minimum absolute atomic E-state index is 0.130. The third kappa shape index (κ3) is 5.48. The van der Waals surface area contributed by atoms with Crippen LogP contribution in [0, 0.1) is 20.2 Å². The van der Waals surface area contributed by atoms with E-state index >= 15 is 0 Å². The second-order valence-corrected chi connectivity index (χ2v) is 8.26. The molecule has 41 heavy (non-hydrogen) atoms. The van der Waals surface area contributed by atoms with E-state index in [1.165, 1.54) is 6.92 Å². The third-order valence-corrected chi connectivity index (χ3v) is 5.83. The van der Waals surface area contributed by atoms with Gasteiger partial charge in [0.05, 0.1) is 27.6 Å². The van der Waals surface area contributed by atoms with Gasteiger partial charge in [-0.05, 0) is 31.2 Å². The number of nitro benzene ring substituents is 2. The number of anilines is 1. The van der Waals surface area contributed by atoms with Crippen LogP contribution in [0.3, 0.4) is 0 Å². The Kier molecular flexibility index (Phi) is 7.34. The number of amides is 1. The van der Waals surface area contributed by atoms with E-state index in [0.717, 1.165) is 51.3 Å². The van der Waals surface area contributed by atoms with Crippen molar-refractivity contribution in [1.29, 1.82) is 0 Å². The topological polar surface area (TPSA) is 137 Å². The zero-order valence-electron chi connectivity index (χ0n) is 20.5. The first kappa shape index (κ1) is 28.8. The lowest BCUT2D eigenvalue weighted by molar-refractivity contribution is -0.384. The Balaban J connectivity index is 1.91. The Morgan fingerprint density at radius 3 is 1.98 bits per heavy atom. The summed E-state index contributed by atoms with van der Waals surface area (Å²) in [5, 5.41) is 23.5. The Morgan fingerprint density at radius 2 is 1.46 bits per heavy atom. The molecule has 0 unspecified atom stereocenters. The number of benzene rings is 2. The Labute approximate surface area is 225 Å². The van der Waals surface area contributed by atoms with Crippen molar-refractivity contribution in [2.24, 2.45) is 0 Å². The van der Waals surface area contributed by atoms with Gasteiger partial charge in [-0.3, -0.25) is 29.7 Å². The molecular formula is C23H16F6N6O6. The number of carbonyl (C=O) groups is 1. The van der Waals surface area contributed by atoms with Gasteiger partial charge in [0.15, 0.2) is 12.0 Å². The molecule has 2 aromatic carbocycles. The molecule has 216 valence electrons. The molecule has 1 atom stereocenters. The van der Waals surface area contributed by atoms with Crippen LogP contribution in [0.2, 0.25) is 0 Å². The smallest absolute Gasteiger partial charge is 0.416 e. The van der Waals surface area contributed by atoms with Crippen LogP contribution in [0.5, 0.6) is 0 Å². The van der Waals surface area contributed by atoms with E-state index in [4.69, 9.17) is 4.74 Å². The van der Waals surface area contributed by atoms with Crippen molar-refractivity contribution in [1.82, 2.24) is 14.5 Å². The van der Waals surface area contributed by atoms with Gasteiger partial charge in [0, 0.05) is 36.9 Å². The SMILES string of the molecule is CCOC(=O)N1C=CN(c2ccc(C(F)(F)F)cc2[N+](=O)[O-])[C@H]1c1nccn1-c1ccc(C(F)(F)F)cc1[N+](=O)[O-]. The normalized spacial score (nSPS) is 15.3. The molecule has 1 aliphatic heterocycles. The van der Waals surface area contributed by atoms with Crippen molar-refractivity contribution in [3.63, 3.8) is 0 Å². The van der Waals surface area contributed by atoms with E-state index in [9.17, 15) is 51.4 Å². The minimum Gasteiger partial charge on any atom is -0.449 e. The molecule has 1 aliphatic rings. The van der Waals surface area contributed by atoms with Crippen molar-refractivity contribution >= 4 is 23.2 Å². The van der Waals surface area contributed by atoms with E-state index in [0.29, 0.717) is 24.3 Å². The van der Waals surface area contributed by atoms with E-state index in [-0.39, 0.29) is 12.4 Å². The molecule has 0 bridgehead atoms. The summed E-state index contributed by atoms with van der Waals surface area (Å²) >= 11 is 0. The van der Waals surface area contributed by atoms with Crippen LogP contribution in [0.4, 0.5) is 48.2 Å². The lowest BCUT2D eigenvalue weighted by Crippen LogP contribution is -2.37. The van der Waals surface area contributed by atoms with Crippen LogP contribution in [0.15, 0.2) is 61.2 Å². The third-order valence-electron chi connectivity index (χ3n) is 5.83. The van der Waals surface area contributed by atoms with Gasteiger partial charge in [0.2, 0.25) is 0 Å². The van der Waals surface area contributed by atoms with E-state index in [1.807, 2.05) is 0 Å². The van der Waals surface area contributed by atoms with Gasteiger partial charge in [-0.2, -0.15) is 26.3 Å². The molecule has 0 saturated carbocycles. The number of alkyl halides is 6. The van der Waals surface area contributed by atoms with Gasteiger partial charge >= 0.3 is 18.4 Å². The van der Waals surface area contributed by atoms with Crippen LogP contribution in [-0.4, -0.2) is 37.0 Å². The maximum absolute atomic E-state index is 13.3. The maximum atomic E-state index is 13.3. The van der Waals surface area contributed by atoms with Gasteiger partial charge in [0.1, 0.15) is 11.4 Å². The number of ether oxygens (including phenoxy) is 1. The highest BCUT2D eigenvalue weighted by atomic mass is 19.4. The molecule has 0 radical (unpaired) electrons. The maximum Gasteiger partial charge on any atom is 0.416 e. The van der Waals surface area contributed by atoms with Gasteiger partial charge in [0.25, 0.3) is 11.4 Å². The highest BCUT2D eigenvalue weighted by Crippen LogP contribution is 2.43. The Hall–Kier alpha value is -5.16. The van der Waals surface area contributed by atoms with Crippen LogP contribution in [-0.2, 0) is 17.1 Å². The molecule has 4 rings (SSSR count). The minimum atomic E-state index is -4.92. The Morgan fingerprint density at radius 1 is 0.927 bits per heavy atom. The van der Waals surface area contributed by atoms with E-state index in [2.05, 4.69) is 4.98 Å². The number of hydrogen-bond donors (Lipinski definition) is 0. The number of nitro groups is 2. The predicted octanol–water partition coefficient (Wildman–Crippen LogP) is 6.17. The fourth-order valence-electron chi connectivity index (χ4n) is 4.08. The number of aromatic nitrogens is 2. The van der Waals surface area contributed by atoms with E-state index in [1.54, 1.807) is 0 Å². The summed E-state index contributed by atoms with van der Waals surface area (Å²) in [6.45, 7) is 1.34. The first-order valence-corrected chi connectivity index (χ1v) is 11.3. The van der Waals surface area contributed by atoms with Crippen molar-refractivity contribution in [3.8, 4) is 5.69 Å². The number of halogens is 6. The summed E-state index contributed by atoms with van der Waals surface area (Å²) in [5.74, 6) is -0.278. The van der Waals surface area contributed by atoms with Gasteiger partial charge in [-0.15, -0.1) is 0 Å². The number of imidazole rings is 1. The average Bonchev–Trinajstić information content (AvgIpc) is 3.54. The van der Waals surface area contributed by atoms with Crippen LogP contribution in [0.25, 0.3) is 5.69 Å². The summed E-state index contributed by atoms with van der Waals surface area (Å²) in [4.78, 5) is 40.1. The second kappa shape index (κ2) is 10.4. The molecular weight excluding hydrogens is 570 g/mol. The average molecular weight is 586 g/mol. The number of carbonyl (C=O) groups excluding carboxylic acids is 1. The summed E-state index contributed by atoms with van der Waals surface area (Å²) in [7, 11) is 0. The molecule has 0 spiro atoms. The van der Waals surface area contributed by atoms with Crippen molar-refractivity contribution in [3.05, 3.63) is 98.4 Å². The zero-order valence-corrected chi connectivity index (χ0v) is 20.5. The van der Waals surface area contributed by atoms with Crippen LogP contribution in [0.1, 0.15) is 30.0 Å². The zero-order chi connectivity index (χ0) is 30.3. The number of nitrogens with zero attached hydrogens (tertiary/aromatic N) is 6. The molecule has 0 saturated heterocycles. The molecule has 2 heterocycles. The molecule has 18 heteroatoms. The Bertz CT molecular complexity index is 1550. The highest BCUT2D eigenvalue weighted by molar-refractivity contribution is 5.75. The standard InChI is InChI=1S/C23H16F6N6O6/c1-2-41-21(36)33-10-9-32(16-6-4-14(23(27,28)29)12-18(16)35(39)40)20(33)19-30-7-8-31(19)15-5-3-13(22(24,25)26)11-17(15)34(37)38/h3-12,20H,2H2,1H3/t20-/m1/s1. The lowest BCUT2D eigenvalue weighted by Gasteiger charge is -2.30. The van der Waals surface area contributed by atoms with Crippen molar-refractivity contribution < 1.29 is 45.7 Å². The summed E-state index contributed by atoms with van der Waals surface area (Å²) in [6.07, 6.45) is -7.97. The van der Waals surface area contributed by atoms with Gasteiger partial charge in [-0.25, -0.2) is 9.78 Å². The summed E-state index contributed by atoms with van der Waals surface area (Å²) in [6, 6.07) is 3.34. The fraction of sp³-hybridized carbons (Fsp3) is 0.217. The highest BCUT2D eigenvalue weighted by Gasteiger charge is 2.42. The summed E-state index contributed by atoms with van der Waals surface area (Å²) < 4.78 is 85.6. The first-order chi connectivity index (χ1) is 19.1. The molecule has 0 fully saturated rings. The quantitative estimate of drug-likeness (QED) is 0.190. The molecule has 0 aliphatic carbocycles. The molecule has 1 aromatic heterocycles. The predicted molar refractivity (Wildman–Crippen MR) is 127 cm³/mol. The monoisotopic (exact) mass is 586 g/mol. The number of hydrogen-bond acceptors (Lipinski definition) is 8. The molecule has 3 aromatic rings. The largest absolute Gasteiger partial charge is 0.449 e. The fourth-order valence-corrected chi connectivity index (χ4v) is 4.08. The second-order valence-electron chi connectivity index (χ2n) is 8.26. The first-order valence-electron chi connectivity index (χ1n) is 11.3. The van der Waals surface area contributed by atoms with Crippen molar-refractivity contribution in [2.45, 2.75) is 25.4 Å². The number of rotatable bonds is 6. The van der Waals surface area contributed by atoms with Crippen LogP contribution < -0.4 is 4.90 Å². The van der Waals surface area contributed by atoms with Crippen molar-refractivity contribution in [2.75, 3.05) is 11.5 Å². The van der Waals surface area contributed by atoms with Gasteiger partial charge < -0.3 is 9.64 Å². The summed E-state index contributed by atoms with van der Waals surface area (Å²) in [5.41, 5.74) is -5.46. The lowest BCUT2D eigenvalue weighted by atomic mass is 10.1. The molecule has 12 nitrogen and oxygen atoms in total. The van der Waals surface area contributed by atoms with Gasteiger partial charge in [-0.1, -0.05) is 0 Å². The van der Waals surface area contributed by atoms with E-state index < -0.39 is 68.3 Å².